The standard InChI is InChI=1S/C15H21ClN2O/c1-11-9-10-17-14(16)13(11)18-15(19)12-7-5-3-2-4-6-8-12/h9-10,12H,2-8H2,1H3,(H,18,19). The Morgan fingerprint density at radius 1 is 1.26 bits per heavy atom. The number of hydrogen-bond acceptors (Lipinski definition) is 2. The summed E-state index contributed by atoms with van der Waals surface area (Å²) < 4.78 is 0. The maximum Gasteiger partial charge on any atom is 0.227 e. The van der Waals surface area contributed by atoms with Gasteiger partial charge in [-0.05, 0) is 31.4 Å². The molecule has 1 amide bonds. The quantitative estimate of drug-likeness (QED) is 0.819. The van der Waals surface area contributed by atoms with Crippen LogP contribution in [0.15, 0.2) is 12.3 Å². The summed E-state index contributed by atoms with van der Waals surface area (Å²) in [5.74, 6) is 0.218. The van der Waals surface area contributed by atoms with E-state index in [2.05, 4.69) is 10.3 Å². The van der Waals surface area contributed by atoms with Crippen LogP contribution >= 0.6 is 11.6 Å². The summed E-state index contributed by atoms with van der Waals surface area (Å²) in [6, 6.07) is 1.86. The number of carbonyl (C=O) groups is 1. The Labute approximate surface area is 119 Å². The van der Waals surface area contributed by atoms with Crippen molar-refractivity contribution in [1.29, 1.82) is 0 Å². The van der Waals surface area contributed by atoms with Gasteiger partial charge in [0, 0.05) is 12.1 Å². The van der Waals surface area contributed by atoms with Gasteiger partial charge in [0.05, 0.1) is 5.69 Å². The molecule has 0 bridgehead atoms. The molecule has 2 rings (SSSR count). The molecular formula is C15H21ClN2O. The molecule has 19 heavy (non-hydrogen) atoms. The maximum atomic E-state index is 12.3. The minimum atomic E-state index is 0.0971. The van der Waals surface area contributed by atoms with Crippen LogP contribution in [0.5, 0.6) is 0 Å². The van der Waals surface area contributed by atoms with Crippen molar-refractivity contribution in [1.82, 2.24) is 4.98 Å². The van der Waals surface area contributed by atoms with Crippen LogP contribution in [0, 0.1) is 12.8 Å². The molecule has 1 fully saturated rings. The van der Waals surface area contributed by atoms with Crippen molar-refractivity contribution in [2.75, 3.05) is 5.32 Å². The molecule has 0 aromatic carbocycles. The van der Waals surface area contributed by atoms with E-state index in [0.717, 1.165) is 31.2 Å². The number of halogens is 1. The Bertz CT molecular complexity index is 420. The van der Waals surface area contributed by atoms with Gasteiger partial charge < -0.3 is 5.32 Å². The van der Waals surface area contributed by atoms with Crippen molar-refractivity contribution in [3.8, 4) is 0 Å². The third-order valence-corrected chi connectivity index (χ3v) is 4.12. The molecule has 0 radical (unpaired) electrons. The van der Waals surface area contributed by atoms with Crippen LogP contribution < -0.4 is 5.32 Å². The molecule has 0 spiro atoms. The molecular weight excluding hydrogens is 260 g/mol. The first kappa shape index (κ1) is 14.3. The first-order chi connectivity index (χ1) is 9.18. The average Bonchev–Trinajstić information content (AvgIpc) is 2.33. The zero-order chi connectivity index (χ0) is 13.7. The van der Waals surface area contributed by atoms with Crippen molar-refractivity contribution in [3.63, 3.8) is 0 Å². The molecule has 0 atom stereocenters. The van der Waals surface area contributed by atoms with E-state index in [1.54, 1.807) is 6.20 Å². The lowest BCUT2D eigenvalue weighted by Gasteiger charge is -2.20. The van der Waals surface area contributed by atoms with E-state index in [0.29, 0.717) is 10.8 Å². The highest BCUT2D eigenvalue weighted by atomic mass is 35.5. The molecule has 1 aromatic heterocycles. The summed E-state index contributed by atoms with van der Waals surface area (Å²) in [4.78, 5) is 16.4. The highest BCUT2D eigenvalue weighted by Gasteiger charge is 2.20. The number of rotatable bonds is 2. The van der Waals surface area contributed by atoms with Crippen LogP contribution in [0.25, 0.3) is 0 Å². The van der Waals surface area contributed by atoms with Gasteiger partial charge in [0.25, 0.3) is 0 Å². The fraction of sp³-hybridized carbons (Fsp3) is 0.600. The van der Waals surface area contributed by atoms with Gasteiger partial charge in [0.15, 0.2) is 5.15 Å². The van der Waals surface area contributed by atoms with Crippen LogP contribution in [0.1, 0.15) is 50.5 Å². The number of nitrogens with zero attached hydrogens (tertiary/aromatic N) is 1. The average molecular weight is 281 g/mol. The Hall–Kier alpha value is -1.09. The van der Waals surface area contributed by atoms with E-state index < -0.39 is 0 Å². The Morgan fingerprint density at radius 2 is 1.89 bits per heavy atom. The Morgan fingerprint density at radius 3 is 2.53 bits per heavy atom. The zero-order valence-electron chi connectivity index (χ0n) is 11.4. The second-order valence-corrected chi connectivity index (χ2v) is 5.68. The largest absolute Gasteiger partial charge is 0.323 e. The predicted molar refractivity (Wildman–Crippen MR) is 78.4 cm³/mol. The summed E-state index contributed by atoms with van der Waals surface area (Å²) in [6.07, 6.45) is 9.74. The minimum absolute atomic E-state index is 0.0971. The first-order valence-electron chi connectivity index (χ1n) is 7.10. The molecule has 1 aromatic rings. The lowest BCUT2D eigenvalue weighted by Crippen LogP contribution is -2.24. The molecule has 1 aliphatic carbocycles. The molecule has 1 N–H and O–H groups in total. The molecule has 0 saturated heterocycles. The third-order valence-electron chi connectivity index (χ3n) is 3.84. The number of anilines is 1. The lowest BCUT2D eigenvalue weighted by atomic mass is 9.90. The van der Waals surface area contributed by atoms with Gasteiger partial charge in [-0.15, -0.1) is 0 Å². The van der Waals surface area contributed by atoms with Crippen molar-refractivity contribution >= 4 is 23.2 Å². The highest BCUT2D eigenvalue weighted by molar-refractivity contribution is 6.32. The molecule has 4 heteroatoms. The number of carbonyl (C=O) groups excluding carboxylic acids is 1. The summed E-state index contributed by atoms with van der Waals surface area (Å²) >= 11 is 6.05. The van der Waals surface area contributed by atoms with E-state index in [9.17, 15) is 4.79 Å². The third kappa shape index (κ3) is 3.93. The fourth-order valence-corrected chi connectivity index (χ4v) is 2.87. The second kappa shape index (κ2) is 6.90. The monoisotopic (exact) mass is 280 g/mol. The van der Waals surface area contributed by atoms with Crippen molar-refractivity contribution in [3.05, 3.63) is 23.0 Å². The first-order valence-corrected chi connectivity index (χ1v) is 7.48. The van der Waals surface area contributed by atoms with E-state index in [1.807, 2.05) is 13.0 Å². The van der Waals surface area contributed by atoms with E-state index in [1.165, 1.54) is 19.3 Å². The highest BCUT2D eigenvalue weighted by Crippen LogP contribution is 2.27. The molecule has 1 saturated carbocycles. The number of nitrogens with one attached hydrogen (secondary N) is 1. The van der Waals surface area contributed by atoms with Crippen LogP contribution in [0.4, 0.5) is 5.69 Å². The molecule has 104 valence electrons. The van der Waals surface area contributed by atoms with Crippen LogP contribution in [0.2, 0.25) is 5.15 Å². The van der Waals surface area contributed by atoms with E-state index >= 15 is 0 Å². The van der Waals surface area contributed by atoms with Crippen molar-refractivity contribution < 1.29 is 4.79 Å². The molecule has 0 unspecified atom stereocenters. The Balaban J connectivity index is 2.03. The fourth-order valence-electron chi connectivity index (χ4n) is 2.62. The molecule has 3 nitrogen and oxygen atoms in total. The number of amides is 1. The predicted octanol–water partition coefficient (Wildman–Crippen LogP) is 4.34. The zero-order valence-corrected chi connectivity index (χ0v) is 12.2. The molecule has 0 aliphatic heterocycles. The smallest absolute Gasteiger partial charge is 0.227 e. The van der Waals surface area contributed by atoms with Gasteiger partial charge in [-0.3, -0.25) is 4.79 Å². The number of aromatic nitrogens is 1. The van der Waals surface area contributed by atoms with Gasteiger partial charge in [-0.25, -0.2) is 4.98 Å². The van der Waals surface area contributed by atoms with E-state index in [-0.39, 0.29) is 11.8 Å². The Kier molecular flexibility index (Phi) is 5.20. The number of hydrogen-bond donors (Lipinski definition) is 1. The van der Waals surface area contributed by atoms with E-state index in [4.69, 9.17) is 11.6 Å². The van der Waals surface area contributed by atoms with Crippen LogP contribution in [0.3, 0.4) is 0 Å². The van der Waals surface area contributed by atoms with Crippen LogP contribution in [-0.2, 0) is 4.79 Å². The summed E-state index contributed by atoms with van der Waals surface area (Å²) in [5, 5.41) is 3.34. The number of aryl methyl sites for hydroxylation is 1. The van der Waals surface area contributed by atoms with Crippen LogP contribution in [-0.4, -0.2) is 10.9 Å². The lowest BCUT2D eigenvalue weighted by molar-refractivity contribution is -0.120. The summed E-state index contributed by atoms with van der Waals surface area (Å²) in [7, 11) is 0. The van der Waals surface area contributed by atoms with Gasteiger partial charge in [0.2, 0.25) is 5.91 Å². The minimum Gasteiger partial charge on any atom is -0.323 e. The molecule has 1 aliphatic rings. The van der Waals surface area contributed by atoms with Crippen molar-refractivity contribution in [2.24, 2.45) is 5.92 Å². The van der Waals surface area contributed by atoms with Gasteiger partial charge in [-0.2, -0.15) is 0 Å². The van der Waals surface area contributed by atoms with Gasteiger partial charge >= 0.3 is 0 Å². The summed E-state index contributed by atoms with van der Waals surface area (Å²) in [6.45, 7) is 1.93. The second-order valence-electron chi connectivity index (χ2n) is 5.32. The number of pyridine rings is 1. The SMILES string of the molecule is Cc1ccnc(Cl)c1NC(=O)C1CCCCCCC1. The topological polar surface area (TPSA) is 42.0 Å². The van der Waals surface area contributed by atoms with Gasteiger partial charge in [0.1, 0.15) is 0 Å². The van der Waals surface area contributed by atoms with Crippen molar-refractivity contribution in [2.45, 2.75) is 51.9 Å². The van der Waals surface area contributed by atoms with Gasteiger partial charge in [-0.1, -0.05) is 43.7 Å². The summed E-state index contributed by atoms with van der Waals surface area (Å²) in [5.41, 5.74) is 1.62. The normalized spacial score (nSPS) is 17.6. The molecule has 1 heterocycles. The maximum absolute atomic E-state index is 12.3.